The molecule has 106 valence electrons. The summed E-state index contributed by atoms with van der Waals surface area (Å²) >= 11 is 1.72. The van der Waals surface area contributed by atoms with Crippen LogP contribution < -0.4 is 10.6 Å². The van der Waals surface area contributed by atoms with Gasteiger partial charge < -0.3 is 10.6 Å². The Kier molecular flexibility index (Phi) is 4.79. The molecule has 0 spiro atoms. The number of amides is 1. The second-order valence-electron chi connectivity index (χ2n) is 4.96. The highest BCUT2D eigenvalue weighted by atomic mass is 32.1. The Morgan fingerprint density at radius 3 is 2.80 bits per heavy atom. The molecule has 1 amide bonds. The summed E-state index contributed by atoms with van der Waals surface area (Å²) in [5, 5.41) is 8.19. The third-order valence-electron chi connectivity index (χ3n) is 3.15. The first-order valence-electron chi connectivity index (χ1n) is 6.72. The predicted octanol–water partition coefficient (Wildman–Crippen LogP) is 3.46. The van der Waals surface area contributed by atoms with E-state index in [1.54, 1.807) is 11.3 Å². The summed E-state index contributed by atoms with van der Waals surface area (Å²) in [6, 6.07) is 10.1. The molecule has 1 heterocycles. The van der Waals surface area contributed by atoms with Crippen LogP contribution in [0.4, 0.5) is 5.69 Å². The molecule has 2 aromatic rings. The van der Waals surface area contributed by atoms with E-state index in [4.69, 9.17) is 0 Å². The molecule has 1 atom stereocenters. The first-order valence-corrected chi connectivity index (χ1v) is 7.59. The van der Waals surface area contributed by atoms with Gasteiger partial charge >= 0.3 is 0 Å². The van der Waals surface area contributed by atoms with Crippen molar-refractivity contribution in [2.24, 2.45) is 0 Å². The number of rotatable bonds is 5. The summed E-state index contributed by atoms with van der Waals surface area (Å²) in [6.45, 7) is 4.03. The van der Waals surface area contributed by atoms with Gasteiger partial charge in [-0.25, -0.2) is 0 Å². The fourth-order valence-electron chi connectivity index (χ4n) is 2.15. The molecule has 0 radical (unpaired) electrons. The van der Waals surface area contributed by atoms with Crippen LogP contribution in [0.5, 0.6) is 0 Å². The van der Waals surface area contributed by atoms with Crippen LogP contribution in [0.3, 0.4) is 0 Å². The molecular formula is C16H20N2OS. The van der Waals surface area contributed by atoms with Crippen molar-refractivity contribution in [3.63, 3.8) is 0 Å². The van der Waals surface area contributed by atoms with Crippen LogP contribution >= 0.6 is 11.3 Å². The number of aryl methyl sites for hydroxylation is 1. The molecule has 2 N–H and O–H groups in total. The molecule has 20 heavy (non-hydrogen) atoms. The minimum absolute atomic E-state index is 0.0258. The smallest absolute Gasteiger partial charge is 0.253 e. The number of benzene rings is 1. The lowest BCUT2D eigenvalue weighted by molar-refractivity contribution is 0.0941. The number of carbonyl (C=O) groups excluding carboxylic acids is 1. The maximum Gasteiger partial charge on any atom is 0.253 e. The SMILES string of the molecule is CNc1ccc(C)cc1C(=O)NC(C)Cc1cccs1. The Morgan fingerprint density at radius 2 is 2.15 bits per heavy atom. The lowest BCUT2D eigenvalue weighted by Crippen LogP contribution is -2.34. The van der Waals surface area contributed by atoms with Crippen molar-refractivity contribution in [2.75, 3.05) is 12.4 Å². The van der Waals surface area contributed by atoms with Gasteiger partial charge in [0.15, 0.2) is 0 Å². The fourth-order valence-corrected chi connectivity index (χ4v) is 2.98. The first-order chi connectivity index (χ1) is 9.60. The quantitative estimate of drug-likeness (QED) is 0.884. The number of hydrogen-bond acceptors (Lipinski definition) is 3. The van der Waals surface area contributed by atoms with E-state index >= 15 is 0 Å². The molecule has 1 aromatic carbocycles. The largest absolute Gasteiger partial charge is 0.387 e. The van der Waals surface area contributed by atoms with E-state index in [-0.39, 0.29) is 11.9 Å². The molecule has 1 unspecified atom stereocenters. The van der Waals surface area contributed by atoms with Crippen LogP contribution in [-0.4, -0.2) is 19.0 Å². The van der Waals surface area contributed by atoms with Crippen LogP contribution in [0.25, 0.3) is 0 Å². The van der Waals surface area contributed by atoms with E-state index in [2.05, 4.69) is 22.1 Å². The number of hydrogen-bond donors (Lipinski definition) is 2. The van der Waals surface area contributed by atoms with Crippen LogP contribution in [0, 0.1) is 6.92 Å². The molecule has 0 fully saturated rings. The summed E-state index contributed by atoms with van der Waals surface area (Å²) in [7, 11) is 1.83. The van der Waals surface area contributed by atoms with Crippen molar-refractivity contribution < 1.29 is 4.79 Å². The van der Waals surface area contributed by atoms with Crippen molar-refractivity contribution in [2.45, 2.75) is 26.3 Å². The summed E-state index contributed by atoms with van der Waals surface area (Å²) < 4.78 is 0. The lowest BCUT2D eigenvalue weighted by Gasteiger charge is -2.15. The van der Waals surface area contributed by atoms with Gasteiger partial charge in [0.25, 0.3) is 5.91 Å². The molecule has 1 aromatic heterocycles. The highest BCUT2D eigenvalue weighted by Crippen LogP contribution is 2.17. The van der Waals surface area contributed by atoms with Crippen LogP contribution in [0.1, 0.15) is 27.7 Å². The molecule has 3 nitrogen and oxygen atoms in total. The Balaban J connectivity index is 2.06. The minimum Gasteiger partial charge on any atom is -0.387 e. The van der Waals surface area contributed by atoms with Gasteiger partial charge in [0, 0.05) is 30.1 Å². The molecule has 0 saturated carbocycles. The normalized spacial score (nSPS) is 11.9. The predicted molar refractivity (Wildman–Crippen MR) is 85.7 cm³/mol. The number of anilines is 1. The van der Waals surface area contributed by atoms with Crippen molar-refractivity contribution in [1.82, 2.24) is 5.32 Å². The molecule has 4 heteroatoms. The number of carbonyl (C=O) groups is 1. The van der Waals surface area contributed by atoms with Gasteiger partial charge in [-0.2, -0.15) is 0 Å². The van der Waals surface area contributed by atoms with E-state index in [1.807, 2.05) is 45.2 Å². The summed E-state index contributed by atoms with van der Waals surface area (Å²) in [6.07, 6.45) is 0.865. The van der Waals surface area contributed by atoms with E-state index in [9.17, 15) is 4.79 Å². The van der Waals surface area contributed by atoms with Crippen LogP contribution in [-0.2, 0) is 6.42 Å². The topological polar surface area (TPSA) is 41.1 Å². The Labute approximate surface area is 124 Å². The van der Waals surface area contributed by atoms with Gasteiger partial charge in [0.2, 0.25) is 0 Å². The third-order valence-corrected chi connectivity index (χ3v) is 4.05. The van der Waals surface area contributed by atoms with E-state index in [0.29, 0.717) is 5.56 Å². The van der Waals surface area contributed by atoms with Crippen LogP contribution in [0.15, 0.2) is 35.7 Å². The third kappa shape index (κ3) is 3.61. The highest BCUT2D eigenvalue weighted by molar-refractivity contribution is 7.09. The average Bonchev–Trinajstić information content (AvgIpc) is 2.91. The van der Waals surface area contributed by atoms with Crippen molar-refractivity contribution in [3.05, 3.63) is 51.7 Å². The molecule has 2 rings (SSSR count). The maximum atomic E-state index is 12.4. The summed E-state index contributed by atoms with van der Waals surface area (Å²) in [4.78, 5) is 13.7. The average molecular weight is 288 g/mol. The lowest BCUT2D eigenvalue weighted by atomic mass is 10.1. The van der Waals surface area contributed by atoms with E-state index < -0.39 is 0 Å². The molecule has 0 aliphatic heterocycles. The van der Waals surface area contributed by atoms with Gasteiger partial charge in [-0.1, -0.05) is 17.7 Å². The standard InChI is InChI=1S/C16H20N2OS/c1-11-6-7-15(17-3)14(9-11)16(19)18-12(2)10-13-5-4-8-20-13/h4-9,12,17H,10H2,1-3H3,(H,18,19). The molecule has 0 bridgehead atoms. The van der Waals surface area contributed by atoms with E-state index in [0.717, 1.165) is 17.7 Å². The summed E-state index contributed by atoms with van der Waals surface area (Å²) in [5.74, 6) is -0.0258. The van der Waals surface area contributed by atoms with Gasteiger partial charge in [0.1, 0.15) is 0 Å². The highest BCUT2D eigenvalue weighted by Gasteiger charge is 2.14. The molecular weight excluding hydrogens is 268 g/mol. The van der Waals surface area contributed by atoms with Crippen molar-refractivity contribution in [3.8, 4) is 0 Å². The van der Waals surface area contributed by atoms with Crippen molar-refractivity contribution in [1.29, 1.82) is 0 Å². The Hall–Kier alpha value is -1.81. The van der Waals surface area contributed by atoms with Gasteiger partial charge in [-0.3, -0.25) is 4.79 Å². The minimum atomic E-state index is -0.0258. The molecule has 0 aliphatic rings. The zero-order chi connectivity index (χ0) is 14.5. The monoisotopic (exact) mass is 288 g/mol. The maximum absolute atomic E-state index is 12.4. The second kappa shape index (κ2) is 6.57. The summed E-state index contributed by atoms with van der Waals surface area (Å²) in [5.41, 5.74) is 2.64. The first kappa shape index (κ1) is 14.6. The van der Waals surface area contributed by atoms with Gasteiger partial charge in [-0.15, -0.1) is 11.3 Å². The molecule has 0 aliphatic carbocycles. The number of nitrogens with one attached hydrogen (secondary N) is 2. The fraction of sp³-hybridized carbons (Fsp3) is 0.312. The van der Waals surface area contributed by atoms with E-state index in [1.165, 1.54) is 4.88 Å². The van der Waals surface area contributed by atoms with Crippen LogP contribution in [0.2, 0.25) is 0 Å². The second-order valence-corrected chi connectivity index (χ2v) is 5.99. The van der Waals surface area contributed by atoms with Crippen molar-refractivity contribution >= 4 is 22.9 Å². The zero-order valence-corrected chi connectivity index (χ0v) is 12.9. The zero-order valence-electron chi connectivity index (χ0n) is 12.1. The number of thiophene rings is 1. The Morgan fingerprint density at radius 1 is 1.35 bits per heavy atom. The van der Waals surface area contributed by atoms with Gasteiger partial charge in [0.05, 0.1) is 5.56 Å². The van der Waals surface area contributed by atoms with Gasteiger partial charge in [-0.05, 0) is 37.4 Å². The molecule has 0 saturated heterocycles. The Bertz CT molecular complexity index is 578.